The van der Waals surface area contributed by atoms with E-state index < -0.39 is 52.0 Å². The van der Waals surface area contributed by atoms with E-state index in [0.29, 0.717) is 5.52 Å². The SMILES string of the molecule is CCOC1OC(=O)CC1NS(=O)(=O)c1ccc(NC(C)=O)cc1OCC(C)n1cnc2cc(C(F)(F)F)ccc21. The van der Waals surface area contributed by atoms with E-state index in [9.17, 15) is 31.2 Å². The molecule has 3 unspecified atom stereocenters. The average Bonchev–Trinajstić information content (AvgIpc) is 3.44. The van der Waals surface area contributed by atoms with Crippen LogP contribution in [0, 0.1) is 0 Å². The van der Waals surface area contributed by atoms with Gasteiger partial charge in [0.05, 0.1) is 41.4 Å². The van der Waals surface area contributed by atoms with E-state index in [-0.39, 0.29) is 41.5 Å². The number of cyclic esters (lactones) is 1. The first-order chi connectivity index (χ1) is 18.8. The lowest BCUT2D eigenvalue weighted by Crippen LogP contribution is -2.41. The highest BCUT2D eigenvalue weighted by Crippen LogP contribution is 2.33. The molecule has 0 aliphatic carbocycles. The number of anilines is 1. The molecule has 3 aromatic rings. The molecule has 40 heavy (non-hydrogen) atoms. The molecule has 1 fully saturated rings. The summed E-state index contributed by atoms with van der Waals surface area (Å²) in [6, 6.07) is 5.69. The van der Waals surface area contributed by atoms with Crippen molar-refractivity contribution in [1.29, 1.82) is 0 Å². The van der Waals surface area contributed by atoms with Crippen LogP contribution in [0.1, 0.15) is 38.8 Å². The number of rotatable bonds is 10. The van der Waals surface area contributed by atoms with Crippen molar-refractivity contribution in [2.75, 3.05) is 18.5 Å². The Bertz CT molecular complexity index is 1520. The summed E-state index contributed by atoms with van der Waals surface area (Å²) in [6.07, 6.45) is -4.47. The van der Waals surface area contributed by atoms with Gasteiger partial charge in [-0.05, 0) is 44.2 Å². The number of aromatic nitrogens is 2. The van der Waals surface area contributed by atoms with Crippen molar-refractivity contribution >= 4 is 38.6 Å². The summed E-state index contributed by atoms with van der Waals surface area (Å²) < 4.78 is 86.2. The van der Waals surface area contributed by atoms with E-state index >= 15 is 0 Å². The second kappa shape index (κ2) is 11.4. The monoisotopic (exact) mass is 584 g/mol. The number of hydrogen-bond donors (Lipinski definition) is 2. The number of halogens is 3. The van der Waals surface area contributed by atoms with E-state index in [1.54, 1.807) is 18.4 Å². The van der Waals surface area contributed by atoms with Crippen LogP contribution in [-0.4, -0.2) is 55.4 Å². The first kappa shape index (κ1) is 29.3. The number of esters is 1. The van der Waals surface area contributed by atoms with E-state index in [0.717, 1.165) is 12.1 Å². The number of benzene rings is 2. The van der Waals surface area contributed by atoms with Crippen LogP contribution in [0.15, 0.2) is 47.6 Å². The summed E-state index contributed by atoms with van der Waals surface area (Å²) in [5, 5.41) is 2.56. The molecule has 2 heterocycles. The number of imidazole rings is 1. The molecular weight excluding hydrogens is 557 g/mol. The summed E-state index contributed by atoms with van der Waals surface area (Å²) in [6.45, 7) is 4.76. The van der Waals surface area contributed by atoms with Gasteiger partial charge in [0.25, 0.3) is 0 Å². The van der Waals surface area contributed by atoms with Crippen LogP contribution >= 0.6 is 0 Å². The molecule has 0 saturated carbocycles. The third kappa shape index (κ3) is 6.54. The van der Waals surface area contributed by atoms with E-state index in [1.807, 2.05) is 0 Å². The van der Waals surface area contributed by atoms with Gasteiger partial charge < -0.3 is 24.1 Å². The fourth-order valence-electron chi connectivity index (χ4n) is 4.18. The van der Waals surface area contributed by atoms with Crippen LogP contribution in [0.5, 0.6) is 5.75 Å². The van der Waals surface area contributed by atoms with Gasteiger partial charge in [0.2, 0.25) is 22.2 Å². The molecule has 1 aromatic heterocycles. The van der Waals surface area contributed by atoms with Gasteiger partial charge in [0.15, 0.2) is 0 Å². The van der Waals surface area contributed by atoms with Crippen molar-refractivity contribution in [3.05, 3.63) is 48.3 Å². The van der Waals surface area contributed by atoms with E-state index in [2.05, 4.69) is 15.0 Å². The first-order valence-electron chi connectivity index (χ1n) is 12.2. The van der Waals surface area contributed by atoms with Crippen LogP contribution in [0.3, 0.4) is 0 Å². The van der Waals surface area contributed by atoms with Crippen molar-refractivity contribution < 1.29 is 45.4 Å². The van der Waals surface area contributed by atoms with Crippen molar-refractivity contribution in [2.45, 2.75) is 56.6 Å². The molecule has 3 atom stereocenters. The fraction of sp³-hybridized carbons (Fsp3) is 0.400. The van der Waals surface area contributed by atoms with Gasteiger partial charge in [-0.25, -0.2) is 18.1 Å². The minimum Gasteiger partial charge on any atom is -0.490 e. The highest BCUT2D eigenvalue weighted by Gasteiger charge is 2.39. The van der Waals surface area contributed by atoms with Crippen molar-refractivity contribution in [2.24, 2.45) is 0 Å². The molecular formula is C25H27F3N4O7S. The maximum Gasteiger partial charge on any atom is 0.416 e. The number of nitrogens with zero attached hydrogens (tertiary/aromatic N) is 2. The summed E-state index contributed by atoms with van der Waals surface area (Å²) in [5.74, 6) is -1.11. The Hall–Kier alpha value is -3.69. The Morgan fingerprint density at radius 3 is 2.67 bits per heavy atom. The second-order valence-corrected chi connectivity index (χ2v) is 10.8. The van der Waals surface area contributed by atoms with Crippen LogP contribution in [-0.2, 0) is 35.3 Å². The number of hydrogen-bond acceptors (Lipinski definition) is 8. The third-order valence-corrected chi connectivity index (χ3v) is 7.54. The van der Waals surface area contributed by atoms with Crippen LogP contribution in [0.2, 0.25) is 0 Å². The molecule has 1 amide bonds. The highest BCUT2D eigenvalue weighted by atomic mass is 32.2. The number of fused-ring (bicyclic) bond motifs is 1. The molecule has 2 aromatic carbocycles. The van der Waals surface area contributed by atoms with Gasteiger partial charge in [-0.2, -0.15) is 13.2 Å². The van der Waals surface area contributed by atoms with Gasteiger partial charge in [-0.3, -0.25) is 9.59 Å². The van der Waals surface area contributed by atoms with Gasteiger partial charge in [-0.15, -0.1) is 0 Å². The molecule has 2 N–H and O–H groups in total. The van der Waals surface area contributed by atoms with Crippen molar-refractivity contribution in [3.8, 4) is 5.75 Å². The predicted molar refractivity (Wildman–Crippen MR) is 136 cm³/mol. The van der Waals surface area contributed by atoms with Gasteiger partial charge in [0.1, 0.15) is 17.3 Å². The summed E-state index contributed by atoms with van der Waals surface area (Å²) in [4.78, 5) is 27.1. The minimum absolute atomic E-state index is 0.104. The number of carbonyl (C=O) groups is 2. The summed E-state index contributed by atoms with van der Waals surface area (Å²) in [7, 11) is -4.27. The van der Waals surface area contributed by atoms with E-state index in [1.165, 1.54) is 37.5 Å². The molecule has 0 radical (unpaired) electrons. The largest absolute Gasteiger partial charge is 0.490 e. The molecule has 1 aliphatic heterocycles. The van der Waals surface area contributed by atoms with Crippen molar-refractivity contribution in [3.63, 3.8) is 0 Å². The zero-order chi connectivity index (χ0) is 29.2. The van der Waals surface area contributed by atoms with Crippen LogP contribution < -0.4 is 14.8 Å². The molecule has 15 heteroatoms. The highest BCUT2D eigenvalue weighted by molar-refractivity contribution is 7.89. The Balaban J connectivity index is 1.59. The Labute approximate surface area is 227 Å². The minimum atomic E-state index is -4.51. The zero-order valence-corrected chi connectivity index (χ0v) is 22.5. The van der Waals surface area contributed by atoms with Crippen molar-refractivity contribution in [1.82, 2.24) is 14.3 Å². The fourth-order valence-corrected chi connectivity index (χ4v) is 5.53. The van der Waals surface area contributed by atoms with Crippen LogP contribution in [0.4, 0.5) is 18.9 Å². The Morgan fingerprint density at radius 1 is 1.25 bits per heavy atom. The zero-order valence-electron chi connectivity index (χ0n) is 21.7. The normalized spacial score (nSPS) is 18.5. The number of sulfonamides is 1. The molecule has 1 aliphatic rings. The smallest absolute Gasteiger partial charge is 0.416 e. The van der Waals surface area contributed by atoms with Gasteiger partial charge >= 0.3 is 12.1 Å². The third-order valence-electron chi connectivity index (χ3n) is 6.01. The lowest BCUT2D eigenvalue weighted by atomic mass is 10.2. The molecule has 0 bridgehead atoms. The summed E-state index contributed by atoms with van der Waals surface area (Å²) in [5.41, 5.74) is 0.0121. The van der Waals surface area contributed by atoms with E-state index in [4.69, 9.17) is 14.2 Å². The molecule has 0 spiro atoms. The Morgan fingerprint density at radius 2 is 2.00 bits per heavy atom. The Kier molecular flexibility index (Phi) is 8.37. The average molecular weight is 585 g/mol. The number of alkyl halides is 3. The second-order valence-electron chi connectivity index (χ2n) is 9.10. The molecule has 1 saturated heterocycles. The van der Waals surface area contributed by atoms with Gasteiger partial charge in [0, 0.05) is 25.3 Å². The quantitative estimate of drug-likeness (QED) is 0.345. The topological polar surface area (TPSA) is 138 Å². The number of nitrogens with one attached hydrogen (secondary N) is 2. The summed E-state index contributed by atoms with van der Waals surface area (Å²) >= 11 is 0. The van der Waals surface area contributed by atoms with Gasteiger partial charge in [-0.1, -0.05) is 0 Å². The predicted octanol–water partition coefficient (Wildman–Crippen LogP) is 3.61. The lowest BCUT2D eigenvalue weighted by Gasteiger charge is -2.21. The number of amides is 1. The standard InChI is InChI=1S/C25H27F3N4O7S/c1-4-37-24-19(11-23(34)39-24)31-40(35,36)22-8-6-17(30-15(3)33)10-21(22)38-12-14(2)32-13-29-18-9-16(25(26,27)28)5-7-20(18)32/h5-10,13-14,19,24,31H,4,11-12H2,1-3H3,(H,30,33). The van der Waals surface area contributed by atoms with Crippen LogP contribution in [0.25, 0.3) is 11.0 Å². The maximum atomic E-state index is 13.4. The number of carbonyl (C=O) groups excluding carboxylic acids is 2. The first-order valence-corrected chi connectivity index (χ1v) is 13.7. The number of ether oxygens (including phenoxy) is 3. The maximum absolute atomic E-state index is 13.4. The molecule has 216 valence electrons. The molecule has 11 nitrogen and oxygen atoms in total. The molecule has 4 rings (SSSR count). The lowest BCUT2D eigenvalue weighted by molar-refractivity contribution is -0.163.